The van der Waals surface area contributed by atoms with Gasteiger partial charge in [-0.3, -0.25) is 0 Å². The van der Waals surface area contributed by atoms with Crippen LogP contribution in [-0.2, 0) is 0 Å². The summed E-state index contributed by atoms with van der Waals surface area (Å²) in [6, 6.07) is 0. The molecule has 15 heavy (non-hydrogen) atoms. The standard InChI is InChI=1S/C14H29N/c1-2-3-4-5-6-7-8-9-10-11-12-13-14-15/h2-3H,4-15H2,1H3/b3-2-. The molecule has 0 rings (SSSR count). The van der Waals surface area contributed by atoms with Gasteiger partial charge in [0.25, 0.3) is 0 Å². The molecule has 0 aliphatic heterocycles. The van der Waals surface area contributed by atoms with E-state index in [1.54, 1.807) is 0 Å². The number of hydrogen-bond donors (Lipinski definition) is 1. The quantitative estimate of drug-likeness (QED) is 0.397. The van der Waals surface area contributed by atoms with E-state index >= 15 is 0 Å². The van der Waals surface area contributed by atoms with E-state index in [0.29, 0.717) is 0 Å². The summed E-state index contributed by atoms with van der Waals surface area (Å²) in [5.41, 5.74) is 5.44. The van der Waals surface area contributed by atoms with Gasteiger partial charge in [-0.25, -0.2) is 0 Å². The van der Waals surface area contributed by atoms with Gasteiger partial charge in [0.05, 0.1) is 0 Å². The normalized spacial score (nSPS) is 11.3. The molecule has 0 radical (unpaired) electrons. The first-order valence-electron chi connectivity index (χ1n) is 6.73. The van der Waals surface area contributed by atoms with Crippen molar-refractivity contribution in [2.24, 2.45) is 5.73 Å². The Morgan fingerprint density at radius 2 is 1.20 bits per heavy atom. The van der Waals surface area contributed by atoms with Crippen molar-refractivity contribution >= 4 is 0 Å². The molecule has 1 heteroatoms. The molecule has 0 aromatic heterocycles. The monoisotopic (exact) mass is 211 g/mol. The zero-order valence-corrected chi connectivity index (χ0v) is 10.5. The lowest BCUT2D eigenvalue weighted by molar-refractivity contribution is 0.562. The second-order valence-electron chi connectivity index (χ2n) is 4.33. The molecule has 2 N–H and O–H groups in total. The van der Waals surface area contributed by atoms with E-state index in [4.69, 9.17) is 5.73 Å². The smallest absolute Gasteiger partial charge is 0.00773 e. The molecule has 0 fully saturated rings. The van der Waals surface area contributed by atoms with E-state index in [9.17, 15) is 0 Å². The van der Waals surface area contributed by atoms with Gasteiger partial charge in [0, 0.05) is 0 Å². The van der Waals surface area contributed by atoms with E-state index in [-0.39, 0.29) is 0 Å². The van der Waals surface area contributed by atoms with E-state index in [1.165, 1.54) is 64.2 Å². The molecule has 0 amide bonds. The molecule has 0 saturated carbocycles. The molecule has 0 aliphatic rings. The summed E-state index contributed by atoms with van der Waals surface area (Å²) in [5.74, 6) is 0. The maximum absolute atomic E-state index is 5.44. The lowest BCUT2D eigenvalue weighted by Crippen LogP contribution is -1.97. The minimum absolute atomic E-state index is 0.866. The Hall–Kier alpha value is -0.300. The van der Waals surface area contributed by atoms with E-state index in [1.807, 2.05) is 0 Å². The molecule has 0 saturated heterocycles. The average Bonchev–Trinajstić information content (AvgIpc) is 2.26. The van der Waals surface area contributed by atoms with Gasteiger partial charge in [-0.05, 0) is 32.7 Å². The van der Waals surface area contributed by atoms with Crippen LogP contribution in [0, 0.1) is 0 Å². The molecule has 0 bridgehead atoms. The van der Waals surface area contributed by atoms with Gasteiger partial charge in [0.2, 0.25) is 0 Å². The highest BCUT2D eigenvalue weighted by atomic mass is 14.5. The van der Waals surface area contributed by atoms with Gasteiger partial charge >= 0.3 is 0 Å². The van der Waals surface area contributed by atoms with Crippen LogP contribution in [0.25, 0.3) is 0 Å². The van der Waals surface area contributed by atoms with E-state index in [0.717, 1.165) is 6.54 Å². The fraction of sp³-hybridized carbons (Fsp3) is 0.857. The van der Waals surface area contributed by atoms with Gasteiger partial charge in [-0.2, -0.15) is 0 Å². The van der Waals surface area contributed by atoms with Crippen LogP contribution in [0.4, 0.5) is 0 Å². The third-order valence-corrected chi connectivity index (χ3v) is 2.81. The predicted octanol–water partition coefficient (Wildman–Crippen LogP) is 4.42. The van der Waals surface area contributed by atoms with E-state index < -0.39 is 0 Å². The lowest BCUT2D eigenvalue weighted by Gasteiger charge is -2.01. The zero-order valence-electron chi connectivity index (χ0n) is 10.5. The second-order valence-corrected chi connectivity index (χ2v) is 4.33. The molecule has 0 unspecified atom stereocenters. The number of rotatable bonds is 11. The number of hydrogen-bond acceptors (Lipinski definition) is 1. The van der Waals surface area contributed by atoms with Gasteiger partial charge in [0.1, 0.15) is 0 Å². The van der Waals surface area contributed by atoms with Gasteiger partial charge in [-0.1, -0.05) is 57.1 Å². The highest BCUT2D eigenvalue weighted by molar-refractivity contribution is 4.76. The molecule has 90 valence electrons. The van der Waals surface area contributed by atoms with Gasteiger partial charge in [0.15, 0.2) is 0 Å². The van der Waals surface area contributed by atoms with Crippen LogP contribution < -0.4 is 5.73 Å². The van der Waals surface area contributed by atoms with Crippen molar-refractivity contribution in [1.29, 1.82) is 0 Å². The molecule has 0 aromatic carbocycles. The van der Waals surface area contributed by atoms with Crippen molar-refractivity contribution in [3.63, 3.8) is 0 Å². The summed E-state index contributed by atoms with van der Waals surface area (Å²) in [4.78, 5) is 0. The third kappa shape index (κ3) is 13.7. The number of nitrogens with two attached hydrogens (primary N) is 1. The number of unbranched alkanes of at least 4 members (excludes halogenated alkanes) is 9. The minimum Gasteiger partial charge on any atom is -0.330 e. The van der Waals surface area contributed by atoms with Crippen molar-refractivity contribution in [2.45, 2.75) is 71.1 Å². The molecule has 0 spiro atoms. The van der Waals surface area contributed by atoms with Crippen molar-refractivity contribution in [3.8, 4) is 0 Å². The fourth-order valence-corrected chi connectivity index (χ4v) is 1.81. The van der Waals surface area contributed by atoms with Crippen LogP contribution in [0.1, 0.15) is 71.1 Å². The summed E-state index contributed by atoms with van der Waals surface area (Å²) in [7, 11) is 0. The van der Waals surface area contributed by atoms with Crippen molar-refractivity contribution in [3.05, 3.63) is 12.2 Å². The Labute approximate surface area is 96.1 Å². The van der Waals surface area contributed by atoms with Crippen molar-refractivity contribution in [2.75, 3.05) is 6.54 Å². The molecular formula is C14H29N. The van der Waals surface area contributed by atoms with Crippen molar-refractivity contribution in [1.82, 2.24) is 0 Å². The highest BCUT2D eigenvalue weighted by Gasteiger charge is 1.91. The second kappa shape index (κ2) is 13.7. The van der Waals surface area contributed by atoms with Gasteiger partial charge < -0.3 is 5.73 Å². The summed E-state index contributed by atoms with van der Waals surface area (Å²) in [5, 5.41) is 0. The Bertz CT molecular complexity index is 129. The Morgan fingerprint density at radius 1 is 0.733 bits per heavy atom. The summed E-state index contributed by atoms with van der Waals surface area (Å²) < 4.78 is 0. The van der Waals surface area contributed by atoms with Crippen LogP contribution >= 0.6 is 0 Å². The largest absolute Gasteiger partial charge is 0.330 e. The van der Waals surface area contributed by atoms with Crippen LogP contribution in [0.5, 0.6) is 0 Å². The first kappa shape index (κ1) is 14.7. The van der Waals surface area contributed by atoms with Crippen LogP contribution in [0.15, 0.2) is 12.2 Å². The topological polar surface area (TPSA) is 26.0 Å². The highest BCUT2D eigenvalue weighted by Crippen LogP contribution is 2.10. The SMILES string of the molecule is C/C=C\CCCCCCCCCCCN. The third-order valence-electron chi connectivity index (χ3n) is 2.81. The predicted molar refractivity (Wildman–Crippen MR) is 70.0 cm³/mol. The zero-order chi connectivity index (χ0) is 11.2. The Morgan fingerprint density at radius 3 is 1.67 bits per heavy atom. The summed E-state index contributed by atoms with van der Waals surface area (Å²) >= 11 is 0. The lowest BCUT2D eigenvalue weighted by atomic mass is 10.1. The summed E-state index contributed by atoms with van der Waals surface area (Å²) in [6.45, 7) is 2.96. The first-order valence-corrected chi connectivity index (χ1v) is 6.73. The molecule has 0 heterocycles. The minimum atomic E-state index is 0.866. The van der Waals surface area contributed by atoms with Crippen LogP contribution in [0.2, 0.25) is 0 Å². The first-order chi connectivity index (χ1) is 7.41. The Kier molecular flexibility index (Phi) is 13.4. The van der Waals surface area contributed by atoms with E-state index in [2.05, 4.69) is 19.1 Å². The molecule has 0 atom stereocenters. The summed E-state index contributed by atoms with van der Waals surface area (Å²) in [6.07, 6.45) is 18.1. The molecule has 0 aromatic rings. The molecule has 1 nitrogen and oxygen atoms in total. The fourth-order valence-electron chi connectivity index (χ4n) is 1.81. The molecule has 0 aliphatic carbocycles. The maximum atomic E-state index is 5.44. The van der Waals surface area contributed by atoms with Crippen LogP contribution in [-0.4, -0.2) is 6.54 Å². The van der Waals surface area contributed by atoms with Crippen molar-refractivity contribution < 1.29 is 0 Å². The number of allylic oxidation sites excluding steroid dienone is 2. The molecular weight excluding hydrogens is 182 g/mol. The van der Waals surface area contributed by atoms with Gasteiger partial charge in [-0.15, -0.1) is 0 Å². The maximum Gasteiger partial charge on any atom is -0.00773 e. The van der Waals surface area contributed by atoms with Crippen LogP contribution in [0.3, 0.4) is 0 Å². The Balaban J connectivity index is 2.86. The average molecular weight is 211 g/mol.